The third kappa shape index (κ3) is 8.17. The average Bonchev–Trinajstić information content (AvgIpc) is 2.71. The van der Waals surface area contributed by atoms with Crippen molar-refractivity contribution < 1.29 is 17.5 Å². The van der Waals surface area contributed by atoms with Crippen LogP contribution in [0.2, 0.25) is 0 Å². The molecule has 0 aliphatic carbocycles. The van der Waals surface area contributed by atoms with E-state index in [0.717, 1.165) is 11.1 Å². The number of aliphatic imine (C=N–C) groups is 1. The highest BCUT2D eigenvalue weighted by atomic mass is 127. The van der Waals surface area contributed by atoms with Gasteiger partial charge in [0.2, 0.25) is 10.0 Å². The summed E-state index contributed by atoms with van der Waals surface area (Å²) in [4.78, 5) is 4.32. The van der Waals surface area contributed by atoms with E-state index in [1.807, 2.05) is 12.1 Å². The Kier molecular flexibility index (Phi) is 11.2. The predicted octanol–water partition coefficient (Wildman–Crippen LogP) is 2.54. The first-order chi connectivity index (χ1) is 13.9. The second kappa shape index (κ2) is 12.8. The maximum Gasteiger partial charge on any atom is 0.240 e. The molecule has 0 radical (unpaired) electrons. The van der Waals surface area contributed by atoms with Crippen molar-refractivity contribution in [3.8, 4) is 0 Å². The summed E-state index contributed by atoms with van der Waals surface area (Å²) in [5, 5.41) is 6.23. The lowest BCUT2D eigenvalue weighted by atomic mass is 10.1. The van der Waals surface area contributed by atoms with Crippen molar-refractivity contribution in [2.45, 2.75) is 24.9 Å². The summed E-state index contributed by atoms with van der Waals surface area (Å²) in [6, 6.07) is 11.7. The summed E-state index contributed by atoms with van der Waals surface area (Å²) in [5.41, 5.74) is 2.18. The smallest absolute Gasteiger partial charge is 0.240 e. The highest BCUT2D eigenvalue weighted by Gasteiger charge is 2.13. The van der Waals surface area contributed by atoms with Crippen molar-refractivity contribution >= 4 is 40.0 Å². The van der Waals surface area contributed by atoms with Gasteiger partial charge in [0, 0.05) is 33.8 Å². The van der Waals surface area contributed by atoms with Gasteiger partial charge in [-0.25, -0.2) is 17.5 Å². The number of benzene rings is 2. The monoisotopic (exact) mass is 550 g/mol. The molecular weight excluding hydrogens is 522 g/mol. The van der Waals surface area contributed by atoms with E-state index >= 15 is 0 Å². The molecule has 0 amide bonds. The van der Waals surface area contributed by atoms with Crippen LogP contribution in [0.25, 0.3) is 0 Å². The number of halogens is 2. The molecule has 2 aromatic carbocycles. The fourth-order valence-corrected chi connectivity index (χ4v) is 3.61. The lowest BCUT2D eigenvalue weighted by Gasteiger charge is -2.13. The van der Waals surface area contributed by atoms with E-state index in [4.69, 9.17) is 4.74 Å². The van der Waals surface area contributed by atoms with Crippen molar-refractivity contribution in [1.82, 2.24) is 15.4 Å². The van der Waals surface area contributed by atoms with Gasteiger partial charge in [-0.1, -0.05) is 24.3 Å². The van der Waals surface area contributed by atoms with Crippen molar-refractivity contribution in [3.05, 3.63) is 65.0 Å². The molecule has 0 bridgehead atoms. The van der Waals surface area contributed by atoms with Gasteiger partial charge >= 0.3 is 0 Å². The molecule has 0 unspecified atom stereocenters. The van der Waals surface area contributed by atoms with Crippen molar-refractivity contribution in [1.29, 1.82) is 0 Å². The first-order valence-corrected chi connectivity index (χ1v) is 10.6. The SMILES string of the molecule is CN=C(NCc1cccc(S(=O)(=O)NCCOC)c1)NCc1ccc(C)c(F)c1.I. The van der Waals surface area contributed by atoms with E-state index in [-0.39, 0.29) is 41.2 Å². The van der Waals surface area contributed by atoms with E-state index in [2.05, 4.69) is 20.3 Å². The lowest BCUT2D eigenvalue weighted by molar-refractivity contribution is 0.204. The maximum absolute atomic E-state index is 13.7. The number of nitrogens with zero attached hydrogens (tertiary/aromatic N) is 1. The standard InChI is InChI=1S/C20H27FN4O3S.HI/c1-15-7-8-17(12-19(15)21)14-24-20(22-2)23-13-16-5-4-6-18(11-16)29(26,27)25-9-10-28-3;/h4-8,11-12,25H,9-10,13-14H2,1-3H3,(H2,22,23,24);1H. The first kappa shape index (κ1) is 26.3. The summed E-state index contributed by atoms with van der Waals surface area (Å²) in [6.45, 7) is 3.01. The topological polar surface area (TPSA) is 91.8 Å². The zero-order valence-electron chi connectivity index (χ0n) is 17.2. The Balaban J connectivity index is 0.00000450. The molecule has 7 nitrogen and oxygen atoms in total. The zero-order chi connectivity index (χ0) is 21.3. The lowest BCUT2D eigenvalue weighted by Crippen LogP contribution is -2.36. The van der Waals surface area contributed by atoms with Gasteiger partial charge in [0.05, 0.1) is 11.5 Å². The molecule has 2 aromatic rings. The largest absolute Gasteiger partial charge is 0.383 e. The molecule has 0 aromatic heterocycles. The number of ether oxygens (including phenoxy) is 1. The summed E-state index contributed by atoms with van der Waals surface area (Å²) in [5.74, 6) is 0.279. The van der Waals surface area contributed by atoms with Gasteiger partial charge in [-0.15, -0.1) is 24.0 Å². The molecule has 3 N–H and O–H groups in total. The third-order valence-corrected chi connectivity index (χ3v) is 5.65. The van der Waals surface area contributed by atoms with Gasteiger partial charge in [0.25, 0.3) is 0 Å². The molecule has 0 saturated carbocycles. The molecule has 166 valence electrons. The molecular formula is C20H28FIN4O3S. The van der Waals surface area contributed by atoms with Crippen molar-refractivity contribution in [3.63, 3.8) is 0 Å². The van der Waals surface area contributed by atoms with Gasteiger partial charge in [0.15, 0.2) is 5.96 Å². The van der Waals surface area contributed by atoms with Gasteiger partial charge < -0.3 is 15.4 Å². The molecule has 0 aliphatic rings. The summed E-state index contributed by atoms with van der Waals surface area (Å²) < 4.78 is 45.6. The van der Waals surface area contributed by atoms with E-state index in [1.54, 1.807) is 32.2 Å². The number of rotatable bonds is 9. The van der Waals surface area contributed by atoms with Crippen molar-refractivity contribution in [2.75, 3.05) is 27.3 Å². The Morgan fingerprint density at radius 3 is 2.37 bits per heavy atom. The Morgan fingerprint density at radius 1 is 1.10 bits per heavy atom. The summed E-state index contributed by atoms with van der Waals surface area (Å²) in [7, 11) is -0.451. The van der Waals surface area contributed by atoms with Crippen LogP contribution in [0.1, 0.15) is 16.7 Å². The Bertz CT molecular complexity index is 955. The van der Waals surface area contributed by atoms with Crippen LogP contribution in [0.5, 0.6) is 0 Å². The van der Waals surface area contributed by atoms with E-state index in [1.165, 1.54) is 19.2 Å². The predicted molar refractivity (Wildman–Crippen MR) is 127 cm³/mol. The quantitative estimate of drug-likeness (QED) is 0.193. The molecule has 0 fully saturated rings. The van der Waals surface area contributed by atoms with Crippen LogP contribution in [-0.4, -0.2) is 41.7 Å². The zero-order valence-corrected chi connectivity index (χ0v) is 20.4. The number of methoxy groups -OCH3 is 1. The minimum atomic E-state index is -3.59. The fourth-order valence-electron chi connectivity index (χ4n) is 2.52. The molecule has 0 saturated heterocycles. The number of aryl methyl sites for hydroxylation is 1. The van der Waals surface area contributed by atoms with Crippen molar-refractivity contribution in [2.24, 2.45) is 4.99 Å². The molecule has 2 rings (SSSR count). The minimum Gasteiger partial charge on any atom is -0.383 e. The van der Waals surface area contributed by atoms with Crippen LogP contribution in [0.4, 0.5) is 4.39 Å². The van der Waals surface area contributed by atoms with Gasteiger partial charge in [-0.05, 0) is 41.8 Å². The van der Waals surface area contributed by atoms with Crippen LogP contribution in [0.15, 0.2) is 52.4 Å². The van der Waals surface area contributed by atoms with Crippen LogP contribution < -0.4 is 15.4 Å². The van der Waals surface area contributed by atoms with Gasteiger partial charge in [-0.2, -0.15) is 0 Å². The molecule has 0 atom stereocenters. The first-order valence-electron chi connectivity index (χ1n) is 9.13. The Labute approximate surface area is 194 Å². The molecule has 30 heavy (non-hydrogen) atoms. The second-order valence-electron chi connectivity index (χ2n) is 6.40. The van der Waals surface area contributed by atoms with E-state index in [0.29, 0.717) is 31.2 Å². The number of hydrogen-bond acceptors (Lipinski definition) is 4. The van der Waals surface area contributed by atoms with E-state index < -0.39 is 10.0 Å². The number of nitrogens with one attached hydrogen (secondary N) is 3. The van der Waals surface area contributed by atoms with Crippen LogP contribution in [0, 0.1) is 12.7 Å². The molecule has 10 heteroatoms. The van der Waals surface area contributed by atoms with E-state index in [9.17, 15) is 12.8 Å². The van der Waals surface area contributed by atoms with Gasteiger partial charge in [0.1, 0.15) is 5.82 Å². The molecule has 0 aliphatic heterocycles. The average molecular weight is 550 g/mol. The Morgan fingerprint density at radius 2 is 1.77 bits per heavy atom. The summed E-state index contributed by atoms with van der Waals surface area (Å²) in [6.07, 6.45) is 0. The minimum absolute atomic E-state index is 0. The fraction of sp³-hybridized carbons (Fsp3) is 0.350. The highest BCUT2D eigenvalue weighted by molar-refractivity contribution is 14.0. The second-order valence-corrected chi connectivity index (χ2v) is 8.17. The van der Waals surface area contributed by atoms with Crippen LogP contribution in [-0.2, 0) is 27.8 Å². The third-order valence-electron chi connectivity index (χ3n) is 4.19. The maximum atomic E-state index is 13.7. The van der Waals surface area contributed by atoms with Crippen LogP contribution in [0.3, 0.4) is 0 Å². The molecule has 0 spiro atoms. The normalized spacial score (nSPS) is 11.7. The highest BCUT2D eigenvalue weighted by Crippen LogP contribution is 2.12. The Hall–Kier alpha value is -1.76. The number of guanidine groups is 1. The van der Waals surface area contributed by atoms with Crippen LogP contribution >= 0.6 is 24.0 Å². The number of sulfonamides is 1. The van der Waals surface area contributed by atoms with Gasteiger partial charge in [-0.3, -0.25) is 4.99 Å². The number of hydrogen-bond donors (Lipinski definition) is 3. The molecule has 0 heterocycles. The summed E-state index contributed by atoms with van der Waals surface area (Å²) >= 11 is 0.